The number of anilines is 1. The van der Waals surface area contributed by atoms with E-state index in [4.69, 9.17) is 15.8 Å². The Hall–Kier alpha value is -1.58. The summed E-state index contributed by atoms with van der Waals surface area (Å²) in [7, 11) is -1.76. The van der Waals surface area contributed by atoms with E-state index >= 15 is 0 Å². The van der Waals surface area contributed by atoms with E-state index in [1.165, 1.54) is 6.07 Å². The molecule has 1 aromatic rings. The van der Waals surface area contributed by atoms with Crippen LogP contribution in [0.25, 0.3) is 0 Å². The van der Waals surface area contributed by atoms with Gasteiger partial charge >= 0.3 is 13.3 Å². The fourth-order valence-electron chi connectivity index (χ4n) is 1.34. The molecule has 0 heterocycles. The van der Waals surface area contributed by atoms with E-state index < -0.39 is 37.1 Å². The van der Waals surface area contributed by atoms with Gasteiger partial charge in [-0.25, -0.2) is 0 Å². The molecule has 19 heavy (non-hydrogen) atoms. The molecule has 5 nitrogen and oxygen atoms in total. The summed E-state index contributed by atoms with van der Waals surface area (Å²) in [6.07, 6.45) is -4.92. The molecule has 0 aliphatic carbocycles. The zero-order valence-corrected chi connectivity index (χ0v) is 9.69. The summed E-state index contributed by atoms with van der Waals surface area (Å²) in [4.78, 5) is 11.5. The number of hydrogen-bond donors (Lipinski definition) is 4. The maximum atomic E-state index is 12.4. The number of hydrogen-bond acceptors (Lipinski definition) is 4. The number of carbonyl (C=O) groups excluding carboxylic acids is 1. The van der Waals surface area contributed by atoms with E-state index in [2.05, 4.69) is 5.32 Å². The number of halogens is 3. The van der Waals surface area contributed by atoms with E-state index in [9.17, 15) is 18.0 Å². The van der Waals surface area contributed by atoms with Crippen LogP contribution >= 0.6 is 0 Å². The summed E-state index contributed by atoms with van der Waals surface area (Å²) in [6, 6.07) is 2.82. The lowest BCUT2D eigenvalue weighted by molar-refractivity contribution is -0.137. The van der Waals surface area contributed by atoms with Crippen molar-refractivity contribution in [2.75, 3.05) is 5.32 Å². The summed E-state index contributed by atoms with van der Waals surface area (Å²) in [5.74, 6) is -0.799. The molecule has 1 aromatic carbocycles. The maximum Gasteiger partial charge on any atom is 0.453 e. The van der Waals surface area contributed by atoms with Gasteiger partial charge in [0.2, 0.25) is 5.91 Å². The lowest BCUT2D eigenvalue weighted by Crippen LogP contribution is -2.39. The second-order valence-corrected chi connectivity index (χ2v) is 3.89. The van der Waals surface area contributed by atoms with Crippen molar-refractivity contribution in [2.24, 2.45) is 5.73 Å². The molecule has 0 spiro atoms. The van der Waals surface area contributed by atoms with Gasteiger partial charge in [0.15, 0.2) is 0 Å². The Labute approximate surface area is 107 Å². The summed E-state index contributed by atoms with van der Waals surface area (Å²) in [5.41, 5.74) is 4.37. The van der Waals surface area contributed by atoms with Crippen LogP contribution in [0.3, 0.4) is 0 Å². The molecule has 0 saturated heterocycles. The van der Waals surface area contributed by atoms with Crippen molar-refractivity contribution in [3.8, 4) is 0 Å². The van der Waals surface area contributed by atoms with Crippen molar-refractivity contribution >= 4 is 18.7 Å². The van der Waals surface area contributed by atoms with E-state index in [1.807, 2.05) is 0 Å². The number of rotatable bonds is 4. The molecular weight excluding hydrogens is 264 g/mol. The average Bonchev–Trinajstić information content (AvgIpc) is 2.27. The molecule has 5 N–H and O–H groups in total. The third-order valence-corrected chi connectivity index (χ3v) is 2.26. The summed E-state index contributed by atoms with van der Waals surface area (Å²) in [6.45, 7) is 0. The van der Waals surface area contributed by atoms with Crippen LogP contribution in [0, 0.1) is 0 Å². The first-order chi connectivity index (χ1) is 8.70. The lowest BCUT2D eigenvalue weighted by atomic mass is 9.82. The van der Waals surface area contributed by atoms with Crippen LogP contribution in [-0.2, 0) is 11.0 Å². The Balaban J connectivity index is 2.75. The quantitative estimate of drug-likeness (QED) is 0.600. The van der Waals surface area contributed by atoms with E-state index in [1.54, 1.807) is 0 Å². The predicted molar refractivity (Wildman–Crippen MR) is 63.0 cm³/mol. The summed E-state index contributed by atoms with van der Waals surface area (Å²) in [5, 5.41) is 19.4. The monoisotopic (exact) mass is 276 g/mol. The number of alkyl halides is 3. The first-order valence-corrected chi connectivity index (χ1v) is 5.30. The molecular formula is C10H12BF3N2O3. The fraction of sp³-hybridized carbons (Fsp3) is 0.300. The van der Waals surface area contributed by atoms with Gasteiger partial charge in [0.05, 0.1) is 11.6 Å². The summed E-state index contributed by atoms with van der Waals surface area (Å²) >= 11 is 0. The Morgan fingerprint density at radius 3 is 2.58 bits per heavy atom. The van der Waals surface area contributed by atoms with Crippen LogP contribution in [0.5, 0.6) is 0 Å². The van der Waals surface area contributed by atoms with Gasteiger partial charge in [-0.3, -0.25) is 4.79 Å². The number of amides is 1. The van der Waals surface area contributed by atoms with Crippen molar-refractivity contribution in [2.45, 2.75) is 18.5 Å². The number of nitrogens with one attached hydrogen (secondary N) is 1. The molecule has 9 heteroatoms. The van der Waals surface area contributed by atoms with Gasteiger partial charge < -0.3 is 21.1 Å². The van der Waals surface area contributed by atoms with Gasteiger partial charge in [-0.1, -0.05) is 6.07 Å². The van der Waals surface area contributed by atoms with Gasteiger partial charge in [-0.05, 0) is 18.2 Å². The first kappa shape index (κ1) is 15.5. The van der Waals surface area contributed by atoms with E-state index in [0.717, 1.165) is 18.2 Å². The zero-order chi connectivity index (χ0) is 14.6. The highest BCUT2D eigenvalue weighted by atomic mass is 19.4. The minimum Gasteiger partial charge on any atom is -0.427 e. The van der Waals surface area contributed by atoms with Crippen LogP contribution in [0.4, 0.5) is 18.9 Å². The molecule has 1 rings (SSSR count). The van der Waals surface area contributed by atoms with Gasteiger partial charge in [-0.15, -0.1) is 0 Å². The smallest absolute Gasteiger partial charge is 0.427 e. The topological polar surface area (TPSA) is 95.6 Å². The van der Waals surface area contributed by atoms with Crippen molar-refractivity contribution in [1.29, 1.82) is 0 Å². The Morgan fingerprint density at radius 1 is 1.42 bits per heavy atom. The van der Waals surface area contributed by atoms with E-state index in [-0.39, 0.29) is 5.69 Å². The highest BCUT2D eigenvalue weighted by Crippen LogP contribution is 2.30. The standard InChI is InChI=1S/C10H12BF3N2O3/c12-10(13,14)6-2-1-3-7(4-6)16-9(17)8(15)5-11(18)19/h1-4,8,18-19H,5,15H2,(H,16,17). The van der Waals surface area contributed by atoms with Crippen molar-refractivity contribution in [3.05, 3.63) is 29.8 Å². The van der Waals surface area contributed by atoms with Crippen molar-refractivity contribution in [1.82, 2.24) is 0 Å². The van der Waals surface area contributed by atoms with Gasteiger partial charge in [0.1, 0.15) is 0 Å². The van der Waals surface area contributed by atoms with Crippen LogP contribution in [0.2, 0.25) is 6.32 Å². The number of carbonyl (C=O) groups is 1. The molecule has 0 aromatic heterocycles. The lowest BCUT2D eigenvalue weighted by Gasteiger charge is -2.13. The molecule has 104 valence electrons. The first-order valence-electron chi connectivity index (χ1n) is 5.30. The highest BCUT2D eigenvalue weighted by molar-refractivity contribution is 6.42. The minimum atomic E-state index is -4.51. The second-order valence-electron chi connectivity index (χ2n) is 3.89. The second kappa shape index (κ2) is 6.05. The molecule has 0 aliphatic rings. The third kappa shape index (κ3) is 4.89. The van der Waals surface area contributed by atoms with Crippen LogP contribution in [0.15, 0.2) is 24.3 Å². The molecule has 0 radical (unpaired) electrons. The van der Waals surface area contributed by atoms with Gasteiger partial charge in [-0.2, -0.15) is 13.2 Å². The molecule has 1 atom stereocenters. The Kier molecular flexibility index (Phi) is 4.93. The van der Waals surface area contributed by atoms with Crippen molar-refractivity contribution < 1.29 is 28.0 Å². The molecule has 0 fully saturated rings. The average molecular weight is 276 g/mol. The van der Waals surface area contributed by atoms with Crippen LogP contribution in [0.1, 0.15) is 5.56 Å². The van der Waals surface area contributed by atoms with E-state index in [0.29, 0.717) is 0 Å². The normalized spacial score (nSPS) is 12.9. The third-order valence-electron chi connectivity index (χ3n) is 2.26. The minimum absolute atomic E-state index is 0.0669. The molecule has 0 bridgehead atoms. The van der Waals surface area contributed by atoms with Gasteiger partial charge in [0, 0.05) is 12.0 Å². The van der Waals surface area contributed by atoms with Crippen molar-refractivity contribution in [3.63, 3.8) is 0 Å². The molecule has 1 unspecified atom stereocenters. The molecule has 1 amide bonds. The number of benzene rings is 1. The fourth-order valence-corrected chi connectivity index (χ4v) is 1.34. The molecule has 0 saturated carbocycles. The maximum absolute atomic E-state index is 12.4. The predicted octanol–water partition coefficient (Wildman–Crippen LogP) is 0.444. The summed E-state index contributed by atoms with van der Waals surface area (Å²) < 4.78 is 37.3. The zero-order valence-electron chi connectivity index (χ0n) is 9.69. The Morgan fingerprint density at radius 2 is 2.05 bits per heavy atom. The van der Waals surface area contributed by atoms with Gasteiger partial charge in [0.25, 0.3) is 0 Å². The Bertz CT molecular complexity index is 454. The largest absolute Gasteiger partial charge is 0.453 e. The number of nitrogens with two attached hydrogens (primary N) is 1. The van der Waals surface area contributed by atoms with Crippen LogP contribution < -0.4 is 11.1 Å². The van der Waals surface area contributed by atoms with Crippen LogP contribution in [-0.4, -0.2) is 29.1 Å². The molecule has 0 aliphatic heterocycles. The SMILES string of the molecule is NC(CB(O)O)C(=O)Nc1cccc(C(F)(F)F)c1. The highest BCUT2D eigenvalue weighted by Gasteiger charge is 2.30.